The monoisotopic (exact) mass is 289 g/mol. The zero-order valence-corrected chi connectivity index (χ0v) is 8.61. The highest BCUT2D eigenvalue weighted by Crippen LogP contribution is 2.34. The van der Waals surface area contributed by atoms with Crippen LogP contribution in [0.15, 0.2) is 0 Å². The number of carbonyl (C=O) groups is 1. The van der Waals surface area contributed by atoms with Gasteiger partial charge in [0, 0.05) is 18.9 Å². The third kappa shape index (κ3) is 2.84. The second-order valence-corrected chi connectivity index (χ2v) is 3.76. The fourth-order valence-corrected chi connectivity index (χ4v) is 1.56. The first-order valence-corrected chi connectivity index (χ1v) is 5.29. The molecule has 0 saturated heterocycles. The lowest BCUT2D eigenvalue weighted by molar-refractivity contribution is -0.119. The predicted octanol–water partition coefficient (Wildman–Crippen LogP) is 1.73. The van der Waals surface area contributed by atoms with Gasteiger partial charge in [-0.05, 0) is 6.42 Å². The summed E-state index contributed by atoms with van der Waals surface area (Å²) in [7, 11) is 0. The molecule has 12 heavy (non-hydrogen) atoms. The smallest absolute Gasteiger partial charge is 0.250 e. The van der Waals surface area contributed by atoms with E-state index in [-0.39, 0.29) is 24.8 Å². The van der Waals surface area contributed by atoms with Gasteiger partial charge in [-0.2, -0.15) is 0 Å². The maximum absolute atomic E-state index is 12.6. The molecule has 0 heterocycles. The van der Waals surface area contributed by atoms with Gasteiger partial charge in [0.25, 0.3) is 0 Å². The Hall–Kier alpha value is 0.0600. The molecule has 1 amide bonds. The summed E-state index contributed by atoms with van der Waals surface area (Å²) >= 11 is 1.91. The molecule has 0 aliphatic heterocycles. The molecule has 2 nitrogen and oxygen atoms in total. The summed E-state index contributed by atoms with van der Waals surface area (Å²) in [5.74, 6) is -2.72. The molecule has 1 fully saturated rings. The van der Waals surface area contributed by atoms with Crippen molar-refractivity contribution in [3.8, 4) is 0 Å². The first kappa shape index (κ1) is 10.1. The standard InChI is InChI=1S/C7H10F2INO/c8-7(9)2-1-5(3-7)11-6(12)4-10/h5H,1-4H2,(H,11,12). The Balaban J connectivity index is 2.33. The topological polar surface area (TPSA) is 29.1 Å². The summed E-state index contributed by atoms with van der Waals surface area (Å²) < 4.78 is 25.5. The Kier molecular flexibility index (Phi) is 3.25. The molecule has 1 aliphatic carbocycles. The van der Waals surface area contributed by atoms with Gasteiger partial charge < -0.3 is 5.32 Å². The molecule has 1 aliphatic rings. The SMILES string of the molecule is O=C(CI)NC1CCC(F)(F)C1. The van der Waals surface area contributed by atoms with E-state index in [4.69, 9.17) is 0 Å². The lowest BCUT2D eigenvalue weighted by atomic mass is 10.2. The van der Waals surface area contributed by atoms with Crippen molar-refractivity contribution in [3.05, 3.63) is 0 Å². The molecular weight excluding hydrogens is 279 g/mol. The fraction of sp³-hybridized carbons (Fsp3) is 0.857. The zero-order valence-electron chi connectivity index (χ0n) is 6.45. The van der Waals surface area contributed by atoms with Crippen LogP contribution in [0.1, 0.15) is 19.3 Å². The Morgan fingerprint density at radius 1 is 1.67 bits per heavy atom. The summed E-state index contributed by atoms with van der Waals surface area (Å²) in [4.78, 5) is 10.8. The Morgan fingerprint density at radius 2 is 2.33 bits per heavy atom. The molecule has 1 unspecified atom stereocenters. The minimum absolute atomic E-state index is 0.0980. The van der Waals surface area contributed by atoms with E-state index in [9.17, 15) is 13.6 Å². The molecule has 0 aromatic carbocycles. The van der Waals surface area contributed by atoms with E-state index >= 15 is 0 Å². The number of rotatable bonds is 2. The van der Waals surface area contributed by atoms with Crippen LogP contribution in [0, 0.1) is 0 Å². The van der Waals surface area contributed by atoms with Crippen LogP contribution < -0.4 is 5.32 Å². The fourth-order valence-electron chi connectivity index (χ4n) is 1.34. The number of hydrogen-bond donors (Lipinski definition) is 1. The van der Waals surface area contributed by atoms with Crippen LogP contribution in [0.2, 0.25) is 0 Å². The van der Waals surface area contributed by atoms with Crippen LogP contribution in [0.5, 0.6) is 0 Å². The number of alkyl halides is 3. The predicted molar refractivity (Wildman–Crippen MR) is 49.6 cm³/mol. The molecule has 0 aromatic rings. The summed E-state index contributed by atoms with van der Waals surface area (Å²) in [6.07, 6.45) is 0.101. The minimum atomic E-state index is -2.57. The average Bonchev–Trinajstić information content (AvgIpc) is 2.30. The van der Waals surface area contributed by atoms with Crippen molar-refractivity contribution in [2.45, 2.75) is 31.2 Å². The van der Waals surface area contributed by atoms with Crippen LogP contribution in [-0.2, 0) is 4.79 Å². The van der Waals surface area contributed by atoms with E-state index in [0.29, 0.717) is 10.8 Å². The largest absolute Gasteiger partial charge is 0.352 e. The lowest BCUT2D eigenvalue weighted by Gasteiger charge is -2.11. The van der Waals surface area contributed by atoms with Crippen LogP contribution in [0.25, 0.3) is 0 Å². The zero-order chi connectivity index (χ0) is 9.19. The second kappa shape index (κ2) is 3.85. The van der Waals surface area contributed by atoms with Gasteiger partial charge in [-0.25, -0.2) is 8.78 Å². The van der Waals surface area contributed by atoms with Crippen LogP contribution >= 0.6 is 22.6 Å². The molecule has 0 radical (unpaired) electrons. The highest BCUT2D eigenvalue weighted by atomic mass is 127. The van der Waals surface area contributed by atoms with Crippen molar-refractivity contribution in [1.29, 1.82) is 0 Å². The Morgan fingerprint density at radius 3 is 2.75 bits per heavy atom. The molecule has 0 aromatic heterocycles. The van der Waals surface area contributed by atoms with E-state index in [1.807, 2.05) is 22.6 Å². The molecule has 1 rings (SSSR count). The average molecular weight is 289 g/mol. The molecule has 70 valence electrons. The van der Waals surface area contributed by atoms with Gasteiger partial charge in [-0.1, -0.05) is 22.6 Å². The van der Waals surface area contributed by atoms with Gasteiger partial charge in [0.05, 0.1) is 4.43 Å². The van der Waals surface area contributed by atoms with Gasteiger partial charge in [0.15, 0.2) is 0 Å². The maximum Gasteiger partial charge on any atom is 0.250 e. The minimum Gasteiger partial charge on any atom is -0.352 e. The van der Waals surface area contributed by atoms with Crippen molar-refractivity contribution in [2.75, 3.05) is 4.43 Å². The molecular formula is C7H10F2INO. The Labute approximate surface area is 83.2 Å². The molecule has 5 heteroatoms. The van der Waals surface area contributed by atoms with E-state index in [1.54, 1.807) is 0 Å². The van der Waals surface area contributed by atoms with Gasteiger partial charge in [0.2, 0.25) is 11.8 Å². The van der Waals surface area contributed by atoms with E-state index < -0.39 is 5.92 Å². The number of amides is 1. The van der Waals surface area contributed by atoms with Crippen molar-refractivity contribution in [2.24, 2.45) is 0 Å². The maximum atomic E-state index is 12.6. The summed E-state index contributed by atoms with van der Waals surface area (Å²) in [6, 6.07) is -0.317. The van der Waals surface area contributed by atoms with Gasteiger partial charge in [-0.15, -0.1) is 0 Å². The molecule has 0 bridgehead atoms. The van der Waals surface area contributed by atoms with Crippen molar-refractivity contribution in [3.63, 3.8) is 0 Å². The third-order valence-electron chi connectivity index (χ3n) is 1.89. The molecule has 0 spiro atoms. The van der Waals surface area contributed by atoms with Crippen molar-refractivity contribution in [1.82, 2.24) is 5.32 Å². The van der Waals surface area contributed by atoms with E-state index in [1.165, 1.54) is 0 Å². The highest BCUT2D eigenvalue weighted by Gasteiger charge is 2.39. The number of hydrogen-bond acceptors (Lipinski definition) is 1. The van der Waals surface area contributed by atoms with E-state index in [0.717, 1.165) is 0 Å². The number of halogens is 3. The van der Waals surface area contributed by atoms with Crippen LogP contribution in [-0.4, -0.2) is 22.3 Å². The molecule has 1 N–H and O–H groups in total. The third-order valence-corrected chi connectivity index (χ3v) is 2.58. The Bertz CT molecular complexity index is 186. The van der Waals surface area contributed by atoms with Crippen LogP contribution in [0.4, 0.5) is 8.78 Å². The second-order valence-electron chi connectivity index (χ2n) is 3.00. The van der Waals surface area contributed by atoms with Crippen molar-refractivity contribution >= 4 is 28.5 Å². The summed E-state index contributed by atoms with van der Waals surface area (Å²) in [6.45, 7) is 0. The van der Waals surface area contributed by atoms with Crippen molar-refractivity contribution < 1.29 is 13.6 Å². The quantitative estimate of drug-likeness (QED) is 0.609. The summed E-state index contributed by atoms with van der Waals surface area (Å²) in [5.41, 5.74) is 0. The number of nitrogens with one attached hydrogen (secondary N) is 1. The molecule has 1 saturated carbocycles. The number of carbonyl (C=O) groups excluding carboxylic acids is 1. The first-order valence-electron chi connectivity index (χ1n) is 3.77. The van der Waals surface area contributed by atoms with E-state index in [2.05, 4.69) is 5.32 Å². The summed E-state index contributed by atoms with van der Waals surface area (Å²) in [5, 5.41) is 2.56. The highest BCUT2D eigenvalue weighted by molar-refractivity contribution is 14.1. The van der Waals surface area contributed by atoms with Gasteiger partial charge in [-0.3, -0.25) is 4.79 Å². The van der Waals surface area contributed by atoms with Crippen LogP contribution in [0.3, 0.4) is 0 Å². The normalized spacial score (nSPS) is 27.1. The first-order chi connectivity index (χ1) is 5.53. The van der Waals surface area contributed by atoms with Gasteiger partial charge in [0.1, 0.15) is 0 Å². The molecule has 1 atom stereocenters. The lowest BCUT2D eigenvalue weighted by Crippen LogP contribution is -2.34. The van der Waals surface area contributed by atoms with Gasteiger partial charge >= 0.3 is 0 Å².